The number of carbonyl (C=O) groups excluding carboxylic acids is 4. The zero-order chi connectivity index (χ0) is 40.1. The lowest BCUT2D eigenvalue weighted by Gasteiger charge is -2.30. The van der Waals surface area contributed by atoms with Crippen LogP contribution in [0.25, 0.3) is 11.0 Å². The zero-order valence-electron chi connectivity index (χ0n) is 30.6. The highest BCUT2D eigenvalue weighted by atomic mass is 35.5. The van der Waals surface area contributed by atoms with Crippen molar-refractivity contribution in [2.45, 2.75) is 80.9 Å². The summed E-state index contributed by atoms with van der Waals surface area (Å²) in [6.45, 7) is 1.88. The van der Waals surface area contributed by atoms with Gasteiger partial charge >= 0.3 is 11.9 Å². The van der Waals surface area contributed by atoms with Crippen LogP contribution in [0.1, 0.15) is 76.4 Å². The summed E-state index contributed by atoms with van der Waals surface area (Å²) in [5.41, 5.74) is 2.66. The fraction of sp³-hybridized carbons (Fsp3) is 0.385. The predicted molar refractivity (Wildman–Crippen MR) is 215 cm³/mol. The number of furan rings is 1. The average molecular weight is 864 g/mol. The maximum atomic E-state index is 13.9. The van der Waals surface area contributed by atoms with Crippen molar-refractivity contribution < 1.29 is 45.7 Å². The number of halogens is 2. The molecule has 2 amide bonds. The van der Waals surface area contributed by atoms with Crippen LogP contribution in [0.3, 0.4) is 0 Å². The van der Waals surface area contributed by atoms with Gasteiger partial charge in [-0.15, -0.1) is 0 Å². The Bertz CT molecular complexity index is 2300. The number of hydrogen-bond acceptors (Lipinski definition) is 11. The molecule has 3 aromatic carbocycles. The molecule has 1 fully saturated rings. The van der Waals surface area contributed by atoms with Gasteiger partial charge < -0.3 is 24.1 Å². The number of hydrogen-bond donors (Lipinski definition) is 1. The van der Waals surface area contributed by atoms with Crippen molar-refractivity contribution in [3.63, 3.8) is 0 Å². The monoisotopic (exact) mass is 862 g/mol. The van der Waals surface area contributed by atoms with Gasteiger partial charge in [-0.1, -0.05) is 58.6 Å². The maximum absolute atomic E-state index is 13.9. The molecule has 12 nitrogen and oxygen atoms in total. The normalized spacial score (nSPS) is 17.9. The first-order chi connectivity index (χ1) is 26.7. The highest BCUT2D eigenvalue weighted by Gasteiger charge is 2.32. The Morgan fingerprint density at radius 1 is 1.07 bits per heavy atom. The van der Waals surface area contributed by atoms with Gasteiger partial charge in [0.25, 0.3) is 11.8 Å². The van der Waals surface area contributed by atoms with Gasteiger partial charge in [0, 0.05) is 61.1 Å². The Labute approximate surface area is 340 Å². The van der Waals surface area contributed by atoms with E-state index in [0.717, 1.165) is 30.2 Å². The van der Waals surface area contributed by atoms with Gasteiger partial charge in [0.1, 0.15) is 11.6 Å². The zero-order valence-corrected chi connectivity index (χ0v) is 34.5. The molecular formula is C39H40Cl2N2O10S3. The van der Waals surface area contributed by atoms with E-state index < -0.39 is 49.8 Å². The van der Waals surface area contributed by atoms with Gasteiger partial charge in [0.2, 0.25) is 6.29 Å². The van der Waals surface area contributed by atoms with Crippen LogP contribution >= 0.6 is 34.0 Å². The van der Waals surface area contributed by atoms with Gasteiger partial charge in [-0.2, -0.15) is 0 Å². The van der Waals surface area contributed by atoms with Crippen molar-refractivity contribution in [2.24, 2.45) is 0 Å². The van der Waals surface area contributed by atoms with Crippen LogP contribution in [0.15, 0.2) is 70.2 Å². The van der Waals surface area contributed by atoms with E-state index in [-0.39, 0.29) is 51.0 Å². The number of unbranched alkanes of at least 4 members (excludes halogenated alkanes) is 1. The summed E-state index contributed by atoms with van der Waals surface area (Å²) in [5, 5.41) is 3.71. The highest BCUT2D eigenvalue weighted by molar-refractivity contribution is 8.69. The molecule has 0 spiro atoms. The van der Waals surface area contributed by atoms with E-state index in [0.29, 0.717) is 53.6 Å². The number of esters is 2. The Morgan fingerprint density at radius 2 is 1.88 bits per heavy atom. The van der Waals surface area contributed by atoms with E-state index in [1.165, 1.54) is 35.9 Å². The first-order valence-corrected chi connectivity index (χ1v) is 23.3. The molecular weight excluding hydrogens is 824 g/mol. The molecule has 1 aromatic heterocycles. The van der Waals surface area contributed by atoms with Crippen LogP contribution in [0, 0.1) is 0 Å². The number of fused-ring (bicyclic) bond motifs is 2. The third kappa shape index (κ3) is 10.2. The third-order valence-electron chi connectivity index (χ3n) is 9.63. The summed E-state index contributed by atoms with van der Waals surface area (Å²) >= 11 is 13.5. The Hall–Kier alpha value is -3.89. The molecule has 3 heterocycles. The van der Waals surface area contributed by atoms with Crippen LogP contribution in [0.5, 0.6) is 0 Å². The summed E-state index contributed by atoms with van der Waals surface area (Å²) in [4.78, 5) is 55.2. The highest BCUT2D eigenvalue weighted by Crippen LogP contribution is 2.35. The van der Waals surface area contributed by atoms with E-state index in [4.69, 9.17) is 37.1 Å². The molecule has 2 unspecified atom stereocenters. The Morgan fingerprint density at radius 3 is 2.62 bits per heavy atom. The molecule has 56 heavy (non-hydrogen) atoms. The number of nitrogens with one attached hydrogen (secondary N) is 1. The molecule has 4 atom stereocenters. The Balaban J connectivity index is 1.14. The quantitative estimate of drug-likeness (QED) is 0.0610. The fourth-order valence-electron chi connectivity index (χ4n) is 6.72. The van der Waals surface area contributed by atoms with E-state index in [1.807, 2.05) is 12.1 Å². The van der Waals surface area contributed by atoms with Crippen molar-refractivity contribution in [1.29, 1.82) is 0 Å². The fourth-order valence-corrected chi connectivity index (χ4v) is 11.7. The lowest BCUT2D eigenvalue weighted by Crippen LogP contribution is -2.45. The van der Waals surface area contributed by atoms with Crippen LogP contribution < -0.4 is 5.32 Å². The summed E-state index contributed by atoms with van der Waals surface area (Å²) in [7, 11) is -3.04. The largest absolute Gasteiger partial charge is 0.464 e. The van der Waals surface area contributed by atoms with Gasteiger partial charge in [0.15, 0.2) is 9.84 Å². The third-order valence-corrected chi connectivity index (χ3v) is 15.1. The molecule has 1 N–H and O–H groups in total. The minimum atomic E-state index is -3.59. The lowest BCUT2D eigenvalue weighted by atomic mass is 9.95. The first kappa shape index (κ1) is 41.7. The minimum Gasteiger partial charge on any atom is -0.464 e. The van der Waals surface area contributed by atoms with Crippen LogP contribution in [0.4, 0.5) is 0 Å². The minimum absolute atomic E-state index is 0.0102. The smallest absolute Gasteiger partial charge is 0.332 e. The number of benzene rings is 3. The van der Waals surface area contributed by atoms with Crippen molar-refractivity contribution >= 4 is 88.4 Å². The topological polar surface area (TPSA) is 166 Å². The molecule has 2 aliphatic heterocycles. The second-order valence-corrected chi connectivity index (χ2v) is 20.0. The maximum Gasteiger partial charge on any atom is 0.332 e. The number of amides is 2. The molecule has 2 aliphatic rings. The lowest BCUT2D eigenvalue weighted by molar-refractivity contribution is -0.185. The molecule has 0 bridgehead atoms. The number of ether oxygens (including phenoxy) is 2. The summed E-state index contributed by atoms with van der Waals surface area (Å²) in [6.07, 6.45) is 4.39. The van der Waals surface area contributed by atoms with Crippen molar-refractivity contribution in [2.75, 3.05) is 18.6 Å². The van der Waals surface area contributed by atoms with E-state index in [1.54, 1.807) is 35.4 Å². The molecule has 17 heteroatoms. The summed E-state index contributed by atoms with van der Waals surface area (Å²) < 4.78 is 52.8. The second-order valence-electron chi connectivity index (χ2n) is 13.7. The molecule has 298 valence electrons. The molecule has 4 aromatic rings. The number of nitrogens with zero attached hydrogens (tertiary/aromatic N) is 1. The Kier molecular flexibility index (Phi) is 13.5. The predicted octanol–water partition coefficient (Wildman–Crippen LogP) is 6.84. The molecule has 0 radical (unpaired) electrons. The standard InChI is InChI=1S/C39H40Cl2N2O10S3/c1-23(52-34(44)9-4-3-7-28-14-17-54-55(28)48)53-39(47)32(19-24-6-5-8-29(18-24)56(2,49)50)42-37(45)35-31(40)20-27-22-43(15-12-30(27)36(35)41)38(46)26-11-10-25-13-16-51-33(25)21-26/h5-6,8,10-11,13,16,18,20-21,23,28,32H,3-4,7,9,12,14-15,17,19,22H2,1-2H3,(H,42,45)/t23?,28-,32+,55?/m1/s1. The number of rotatable bonds is 14. The van der Waals surface area contributed by atoms with Crippen LogP contribution in [-0.4, -0.2) is 77.4 Å². The number of carbonyl (C=O) groups is 4. The average Bonchev–Trinajstić information content (AvgIpc) is 3.80. The second kappa shape index (κ2) is 18.1. The van der Waals surface area contributed by atoms with Gasteiger partial charge in [-0.25, -0.2) is 17.4 Å². The first-order valence-electron chi connectivity index (χ1n) is 18.0. The van der Waals surface area contributed by atoms with E-state index in [9.17, 15) is 31.8 Å². The van der Waals surface area contributed by atoms with E-state index in [2.05, 4.69) is 5.32 Å². The van der Waals surface area contributed by atoms with Crippen LogP contribution in [-0.2, 0) is 58.1 Å². The molecule has 1 saturated heterocycles. The molecule has 0 saturated carbocycles. The van der Waals surface area contributed by atoms with Crippen LogP contribution in [0.2, 0.25) is 10.0 Å². The van der Waals surface area contributed by atoms with Gasteiger partial charge in [-0.3, -0.25) is 14.4 Å². The molecule has 6 rings (SSSR count). The SMILES string of the molecule is CC(OC(=O)CCCC[C@@H]1CCSS1=O)OC(=O)[C@H](Cc1cccc(S(C)(=O)=O)c1)NC(=O)c1c(Cl)cc2c(c1Cl)CCN(C(=O)c1ccc3ccoc3c1)C2. The summed E-state index contributed by atoms with van der Waals surface area (Å²) in [6, 6.07) is 13.2. The van der Waals surface area contributed by atoms with E-state index >= 15 is 0 Å². The van der Waals surface area contributed by atoms with Gasteiger partial charge in [-0.05, 0) is 78.8 Å². The van der Waals surface area contributed by atoms with Gasteiger partial charge in [0.05, 0.1) is 36.6 Å². The van der Waals surface area contributed by atoms with Crippen molar-refractivity contribution in [1.82, 2.24) is 10.2 Å². The molecule has 0 aliphatic carbocycles. The van der Waals surface area contributed by atoms with Crippen molar-refractivity contribution in [3.8, 4) is 0 Å². The van der Waals surface area contributed by atoms with Crippen molar-refractivity contribution in [3.05, 3.63) is 98.7 Å². The number of sulfone groups is 1. The summed E-state index contributed by atoms with van der Waals surface area (Å²) in [5.74, 6) is -1.66.